The van der Waals surface area contributed by atoms with Gasteiger partial charge >= 0.3 is 0 Å². The van der Waals surface area contributed by atoms with Crippen LogP contribution in [0.3, 0.4) is 0 Å². The van der Waals surface area contributed by atoms with E-state index >= 15 is 0 Å². The Morgan fingerprint density at radius 1 is 1.41 bits per heavy atom. The number of carbonyl (C=O) groups is 1. The summed E-state index contributed by atoms with van der Waals surface area (Å²) >= 11 is 6.16. The molecule has 0 spiro atoms. The lowest BCUT2D eigenvalue weighted by Gasteiger charge is -2.16. The van der Waals surface area contributed by atoms with Crippen LogP contribution in [0.5, 0.6) is 5.75 Å². The molecule has 2 rings (SSSR count). The molecule has 1 saturated heterocycles. The fourth-order valence-electron chi connectivity index (χ4n) is 2.46. The number of benzene rings is 1. The normalized spacial score (nSPS) is 16.4. The maximum Gasteiger partial charge on any atom is 0.241 e. The SMILES string of the molecule is COc1ccc(CN=C(NCC(=O)N(C)C)NCC2CCOC2)cc1Cl.I. The van der Waals surface area contributed by atoms with Crippen molar-refractivity contribution in [2.45, 2.75) is 13.0 Å². The van der Waals surface area contributed by atoms with Crippen molar-refractivity contribution in [1.82, 2.24) is 15.5 Å². The molecule has 0 aromatic heterocycles. The van der Waals surface area contributed by atoms with Crippen molar-refractivity contribution in [2.24, 2.45) is 10.9 Å². The summed E-state index contributed by atoms with van der Waals surface area (Å²) in [6.45, 7) is 2.94. The highest BCUT2D eigenvalue weighted by Gasteiger charge is 2.16. The maximum absolute atomic E-state index is 11.8. The van der Waals surface area contributed by atoms with Crippen molar-refractivity contribution in [2.75, 3.05) is 47.5 Å². The van der Waals surface area contributed by atoms with Gasteiger partial charge in [-0.15, -0.1) is 24.0 Å². The highest BCUT2D eigenvalue weighted by atomic mass is 127. The van der Waals surface area contributed by atoms with Crippen molar-refractivity contribution >= 4 is 47.4 Å². The third-order valence-electron chi connectivity index (χ3n) is 4.12. The highest BCUT2D eigenvalue weighted by molar-refractivity contribution is 14.0. The van der Waals surface area contributed by atoms with Gasteiger partial charge in [0.05, 0.1) is 31.8 Å². The average molecular weight is 511 g/mol. The van der Waals surface area contributed by atoms with Crippen LogP contribution in [0, 0.1) is 5.92 Å². The molecule has 152 valence electrons. The Morgan fingerprint density at radius 3 is 2.78 bits per heavy atom. The molecule has 27 heavy (non-hydrogen) atoms. The fourth-order valence-corrected chi connectivity index (χ4v) is 2.74. The predicted molar refractivity (Wildman–Crippen MR) is 118 cm³/mol. The summed E-state index contributed by atoms with van der Waals surface area (Å²) in [7, 11) is 5.03. The monoisotopic (exact) mass is 510 g/mol. The van der Waals surface area contributed by atoms with Gasteiger partial charge in [-0.1, -0.05) is 17.7 Å². The van der Waals surface area contributed by atoms with Crippen molar-refractivity contribution < 1.29 is 14.3 Å². The van der Waals surface area contributed by atoms with E-state index in [1.165, 1.54) is 0 Å². The largest absolute Gasteiger partial charge is 0.495 e. The van der Waals surface area contributed by atoms with Gasteiger partial charge in [0.1, 0.15) is 5.75 Å². The summed E-state index contributed by atoms with van der Waals surface area (Å²) in [6, 6.07) is 5.57. The second kappa shape index (κ2) is 12.2. The fraction of sp³-hybridized carbons (Fsp3) is 0.556. The third kappa shape index (κ3) is 8.10. The van der Waals surface area contributed by atoms with E-state index in [9.17, 15) is 4.79 Å². The van der Waals surface area contributed by atoms with Crippen molar-refractivity contribution in [3.63, 3.8) is 0 Å². The van der Waals surface area contributed by atoms with Gasteiger partial charge < -0.3 is 25.0 Å². The first-order chi connectivity index (χ1) is 12.5. The first kappa shape index (κ1) is 23.8. The Bertz CT molecular complexity index is 637. The maximum atomic E-state index is 11.8. The van der Waals surface area contributed by atoms with Gasteiger partial charge in [0.2, 0.25) is 5.91 Å². The zero-order valence-electron chi connectivity index (χ0n) is 16.0. The van der Waals surface area contributed by atoms with E-state index in [4.69, 9.17) is 21.1 Å². The van der Waals surface area contributed by atoms with Gasteiger partial charge in [0.15, 0.2) is 5.96 Å². The number of carbonyl (C=O) groups excluding carboxylic acids is 1. The number of halogens is 2. The summed E-state index contributed by atoms with van der Waals surface area (Å²) in [4.78, 5) is 17.9. The van der Waals surface area contributed by atoms with Crippen LogP contribution in [-0.4, -0.2) is 64.3 Å². The molecule has 1 aromatic rings. The van der Waals surface area contributed by atoms with Crippen LogP contribution in [0.1, 0.15) is 12.0 Å². The Kier molecular flexibility index (Phi) is 10.8. The molecule has 1 atom stereocenters. The van der Waals surface area contributed by atoms with Crippen LogP contribution in [0.2, 0.25) is 5.02 Å². The number of amides is 1. The van der Waals surface area contributed by atoms with E-state index in [0.29, 0.717) is 29.2 Å². The molecule has 0 saturated carbocycles. The van der Waals surface area contributed by atoms with E-state index in [1.54, 1.807) is 26.1 Å². The molecule has 0 bridgehead atoms. The number of hydrogen-bond acceptors (Lipinski definition) is 4. The quantitative estimate of drug-likeness (QED) is 0.334. The van der Waals surface area contributed by atoms with Crippen LogP contribution in [0.15, 0.2) is 23.2 Å². The molecule has 1 heterocycles. The highest BCUT2D eigenvalue weighted by Crippen LogP contribution is 2.25. The number of aliphatic imine (C=N–C) groups is 1. The minimum atomic E-state index is -0.0174. The van der Waals surface area contributed by atoms with E-state index in [2.05, 4.69) is 15.6 Å². The molecule has 9 heteroatoms. The molecule has 2 N–H and O–H groups in total. The number of nitrogens with zero attached hydrogens (tertiary/aromatic N) is 2. The number of nitrogens with one attached hydrogen (secondary N) is 2. The Hall–Kier alpha value is -1.26. The molecular weight excluding hydrogens is 483 g/mol. The number of likely N-dealkylation sites (N-methyl/N-ethyl adjacent to an activating group) is 1. The third-order valence-corrected chi connectivity index (χ3v) is 4.42. The summed E-state index contributed by atoms with van der Waals surface area (Å²) < 4.78 is 10.6. The van der Waals surface area contributed by atoms with Crippen LogP contribution in [0.4, 0.5) is 0 Å². The van der Waals surface area contributed by atoms with E-state index in [1.807, 2.05) is 18.2 Å². The van der Waals surface area contributed by atoms with E-state index < -0.39 is 0 Å². The van der Waals surface area contributed by atoms with Gasteiger partial charge in [-0.2, -0.15) is 0 Å². The lowest BCUT2D eigenvalue weighted by Crippen LogP contribution is -2.44. The molecule has 7 nitrogen and oxygen atoms in total. The molecule has 1 aromatic carbocycles. The molecule has 0 radical (unpaired) electrons. The first-order valence-electron chi connectivity index (χ1n) is 8.62. The summed E-state index contributed by atoms with van der Waals surface area (Å²) in [5.74, 6) is 1.67. The molecule has 1 aliphatic rings. The van der Waals surface area contributed by atoms with Gasteiger partial charge in [-0.25, -0.2) is 4.99 Å². The molecule has 1 unspecified atom stereocenters. The van der Waals surface area contributed by atoms with Crippen molar-refractivity contribution in [1.29, 1.82) is 0 Å². The number of methoxy groups -OCH3 is 1. The lowest BCUT2D eigenvalue weighted by molar-refractivity contribution is -0.127. The zero-order chi connectivity index (χ0) is 18.9. The van der Waals surface area contributed by atoms with E-state index in [-0.39, 0.29) is 36.4 Å². The first-order valence-corrected chi connectivity index (χ1v) is 9.00. The van der Waals surface area contributed by atoms with E-state index in [0.717, 1.165) is 31.7 Å². The van der Waals surface area contributed by atoms with Crippen LogP contribution < -0.4 is 15.4 Å². The van der Waals surface area contributed by atoms with Crippen LogP contribution >= 0.6 is 35.6 Å². The van der Waals surface area contributed by atoms with Crippen LogP contribution in [0.25, 0.3) is 0 Å². The molecular formula is C18H28ClIN4O3. The Balaban J connectivity index is 0.00000364. The number of guanidine groups is 1. The van der Waals surface area contributed by atoms with Crippen LogP contribution in [-0.2, 0) is 16.1 Å². The Morgan fingerprint density at radius 2 is 2.19 bits per heavy atom. The van der Waals surface area contributed by atoms with Crippen molar-refractivity contribution in [3.05, 3.63) is 28.8 Å². The van der Waals surface area contributed by atoms with Gasteiger partial charge in [-0.05, 0) is 24.1 Å². The predicted octanol–water partition coefficient (Wildman–Crippen LogP) is 2.13. The smallest absolute Gasteiger partial charge is 0.241 e. The minimum Gasteiger partial charge on any atom is -0.495 e. The molecule has 1 fully saturated rings. The Labute approximate surface area is 182 Å². The lowest BCUT2D eigenvalue weighted by atomic mass is 10.1. The molecule has 1 aliphatic heterocycles. The van der Waals surface area contributed by atoms with Gasteiger partial charge in [0.25, 0.3) is 0 Å². The number of rotatable bonds is 7. The summed E-state index contributed by atoms with van der Waals surface area (Å²) in [5.41, 5.74) is 0.958. The topological polar surface area (TPSA) is 75.2 Å². The standard InChI is InChI=1S/C18H27ClN4O3.HI/c1-23(2)17(24)11-22-18(21-10-14-6-7-26-12-14)20-9-13-4-5-16(25-3)15(19)8-13;/h4-5,8,14H,6-7,9-12H2,1-3H3,(H2,20,21,22);1H. The van der Waals surface area contributed by atoms with Crippen molar-refractivity contribution in [3.8, 4) is 5.75 Å². The number of hydrogen-bond donors (Lipinski definition) is 2. The van der Waals surface area contributed by atoms with Gasteiger partial charge in [0, 0.05) is 33.2 Å². The number of ether oxygens (including phenoxy) is 2. The second-order valence-electron chi connectivity index (χ2n) is 6.39. The zero-order valence-corrected chi connectivity index (χ0v) is 19.0. The van der Waals surface area contributed by atoms with Gasteiger partial charge in [-0.3, -0.25) is 4.79 Å². The average Bonchev–Trinajstić information content (AvgIpc) is 3.14. The second-order valence-corrected chi connectivity index (χ2v) is 6.79. The summed E-state index contributed by atoms with van der Waals surface area (Å²) in [5, 5.41) is 6.92. The summed E-state index contributed by atoms with van der Waals surface area (Å²) in [6.07, 6.45) is 1.03. The minimum absolute atomic E-state index is 0. The molecule has 0 aliphatic carbocycles. The molecule has 1 amide bonds.